The Kier molecular flexibility index (Phi) is 5.44. The van der Waals surface area contributed by atoms with E-state index in [-0.39, 0.29) is 18.1 Å². The normalized spacial score (nSPS) is 11.2. The Balaban J connectivity index is 1.81. The molecule has 0 aliphatic carbocycles. The summed E-state index contributed by atoms with van der Waals surface area (Å²) in [4.78, 5) is 11.9. The van der Waals surface area contributed by atoms with Gasteiger partial charge in [0.2, 0.25) is 0 Å². The van der Waals surface area contributed by atoms with Crippen LogP contribution in [0.2, 0.25) is 0 Å². The Labute approximate surface area is 153 Å². The van der Waals surface area contributed by atoms with Crippen molar-refractivity contribution >= 4 is 11.9 Å². The third-order valence-electron chi connectivity index (χ3n) is 3.74. The predicted octanol–water partition coefficient (Wildman–Crippen LogP) is 4.59. The molecule has 3 aromatic rings. The summed E-state index contributed by atoms with van der Waals surface area (Å²) in [6.07, 6.45) is -5.26. The van der Waals surface area contributed by atoms with Gasteiger partial charge in [-0.15, -0.1) is 13.2 Å². The number of carbonyl (C=O) groups is 1. The van der Waals surface area contributed by atoms with Gasteiger partial charge >= 0.3 is 12.4 Å². The van der Waals surface area contributed by atoms with E-state index in [0.717, 1.165) is 16.3 Å². The quantitative estimate of drug-likeness (QED) is 0.613. The maximum Gasteiger partial charge on any atom is 0.495 e. The van der Waals surface area contributed by atoms with Gasteiger partial charge in [0.15, 0.2) is 0 Å². The maximum atomic E-state index is 13.6. The lowest BCUT2D eigenvalue weighted by molar-refractivity contribution is -0.126. The van der Waals surface area contributed by atoms with Crippen LogP contribution in [0.25, 0.3) is 0 Å². The second-order valence-electron chi connectivity index (χ2n) is 5.68. The second kappa shape index (κ2) is 7.94. The number of hydrogen-bond acceptors (Lipinski definition) is 3. The smallest absolute Gasteiger partial charge is 0.444 e. The number of nitrogens with zero attached hydrogens (tertiary/aromatic N) is 3. The molecule has 0 aliphatic rings. The highest BCUT2D eigenvalue weighted by Gasteiger charge is 2.45. The van der Waals surface area contributed by atoms with Crippen LogP contribution < -0.4 is 4.90 Å². The summed E-state index contributed by atoms with van der Waals surface area (Å²) in [6, 6.07) is 18.5. The Hall–Kier alpha value is -3.29. The van der Waals surface area contributed by atoms with Crippen LogP contribution in [0.1, 0.15) is 11.1 Å². The van der Waals surface area contributed by atoms with E-state index in [2.05, 4.69) is 5.10 Å². The minimum atomic E-state index is -4.96. The minimum absolute atomic E-state index is 0.0850. The van der Waals surface area contributed by atoms with Crippen molar-refractivity contribution in [2.75, 3.05) is 4.90 Å². The molecule has 0 atom stereocenters. The summed E-state index contributed by atoms with van der Waals surface area (Å²) in [7, 11) is 0. The van der Waals surface area contributed by atoms with E-state index >= 15 is 0 Å². The fourth-order valence-corrected chi connectivity index (χ4v) is 2.50. The Morgan fingerprint density at radius 1 is 0.963 bits per heavy atom. The van der Waals surface area contributed by atoms with Gasteiger partial charge in [0.05, 0.1) is 12.7 Å². The molecule has 27 heavy (non-hydrogen) atoms. The molecule has 0 unspecified atom stereocenters. The lowest BCUT2D eigenvalue weighted by Crippen LogP contribution is -2.44. The van der Waals surface area contributed by atoms with Crippen LogP contribution >= 0.6 is 0 Å². The van der Waals surface area contributed by atoms with Crippen molar-refractivity contribution in [2.45, 2.75) is 19.5 Å². The molecule has 2 aromatic carbocycles. The van der Waals surface area contributed by atoms with Crippen molar-refractivity contribution in [2.24, 2.45) is 0 Å². The number of halogens is 3. The molecule has 8 heteroatoms. The standard InChI is InChI=1S/C19H16F3N3O2/c20-19(21,22)25(18(26)27-14-16-9-5-2-6-10-16)17-11-12-23-24(17)13-15-7-3-1-4-8-15/h1-12H,13-14H2. The average molecular weight is 375 g/mol. The predicted molar refractivity (Wildman–Crippen MR) is 92.9 cm³/mol. The van der Waals surface area contributed by atoms with Crippen molar-refractivity contribution in [1.82, 2.24) is 9.78 Å². The number of hydrogen-bond donors (Lipinski definition) is 0. The summed E-state index contributed by atoms with van der Waals surface area (Å²) in [6.45, 7) is -0.180. The molecule has 0 aliphatic heterocycles. The van der Waals surface area contributed by atoms with Gasteiger partial charge in [-0.25, -0.2) is 9.48 Å². The van der Waals surface area contributed by atoms with Gasteiger partial charge in [-0.3, -0.25) is 0 Å². The number of amides is 1. The molecule has 1 amide bonds. The van der Waals surface area contributed by atoms with Gasteiger partial charge in [0.25, 0.3) is 0 Å². The van der Waals surface area contributed by atoms with E-state index in [0.29, 0.717) is 5.56 Å². The van der Waals surface area contributed by atoms with Gasteiger partial charge in [0, 0.05) is 6.07 Å². The first-order valence-electron chi connectivity index (χ1n) is 8.08. The third kappa shape index (κ3) is 4.66. The molecule has 0 fully saturated rings. The average Bonchev–Trinajstić information content (AvgIpc) is 3.08. The molecule has 0 saturated heterocycles. The molecule has 0 radical (unpaired) electrons. The van der Waals surface area contributed by atoms with Crippen LogP contribution in [0.15, 0.2) is 72.9 Å². The fourth-order valence-electron chi connectivity index (χ4n) is 2.50. The van der Waals surface area contributed by atoms with Gasteiger partial charge in [0.1, 0.15) is 12.4 Å². The highest BCUT2D eigenvalue weighted by atomic mass is 19.4. The van der Waals surface area contributed by atoms with Gasteiger partial charge in [-0.1, -0.05) is 60.7 Å². The molecular weight excluding hydrogens is 359 g/mol. The molecular formula is C19H16F3N3O2. The molecule has 0 bridgehead atoms. The van der Waals surface area contributed by atoms with E-state index in [1.807, 2.05) is 0 Å². The molecule has 0 N–H and O–H groups in total. The monoisotopic (exact) mass is 375 g/mol. The first-order valence-corrected chi connectivity index (χ1v) is 8.08. The molecule has 0 spiro atoms. The highest BCUT2D eigenvalue weighted by Crippen LogP contribution is 2.30. The summed E-state index contributed by atoms with van der Waals surface area (Å²) >= 11 is 0. The molecule has 140 valence electrons. The number of carbonyl (C=O) groups excluding carboxylic acids is 1. The fraction of sp³-hybridized carbons (Fsp3) is 0.158. The Bertz CT molecular complexity index is 880. The zero-order chi connectivity index (χ0) is 19.3. The van der Waals surface area contributed by atoms with Crippen molar-refractivity contribution in [3.05, 3.63) is 84.1 Å². The van der Waals surface area contributed by atoms with Crippen molar-refractivity contribution in [1.29, 1.82) is 0 Å². The van der Waals surface area contributed by atoms with Crippen LogP contribution in [0.3, 0.4) is 0 Å². The molecule has 1 aromatic heterocycles. The van der Waals surface area contributed by atoms with Gasteiger partial charge in [-0.2, -0.15) is 10.00 Å². The largest absolute Gasteiger partial charge is 0.495 e. The third-order valence-corrected chi connectivity index (χ3v) is 3.74. The summed E-state index contributed by atoms with van der Waals surface area (Å²) in [5.41, 5.74) is 1.34. The molecule has 1 heterocycles. The number of alkyl halides is 3. The van der Waals surface area contributed by atoms with E-state index < -0.39 is 18.2 Å². The number of ether oxygens (including phenoxy) is 1. The topological polar surface area (TPSA) is 47.4 Å². The van der Waals surface area contributed by atoms with Crippen LogP contribution in [0.5, 0.6) is 0 Å². The van der Waals surface area contributed by atoms with E-state index in [4.69, 9.17) is 4.74 Å². The lowest BCUT2D eigenvalue weighted by Gasteiger charge is -2.24. The highest BCUT2D eigenvalue weighted by molar-refractivity contribution is 5.87. The number of benzene rings is 2. The van der Waals surface area contributed by atoms with Crippen LogP contribution in [0.4, 0.5) is 23.8 Å². The van der Waals surface area contributed by atoms with Crippen LogP contribution in [0, 0.1) is 0 Å². The number of rotatable bonds is 5. The van der Waals surface area contributed by atoms with E-state index in [9.17, 15) is 18.0 Å². The number of aromatic nitrogens is 2. The molecule has 3 rings (SSSR count). The van der Waals surface area contributed by atoms with E-state index in [1.165, 1.54) is 6.20 Å². The lowest BCUT2D eigenvalue weighted by atomic mass is 10.2. The molecule has 5 nitrogen and oxygen atoms in total. The Morgan fingerprint density at radius 2 is 1.56 bits per heavy atom. The van der Waals surface area contributed by atoms with Crippen LogP contribution in [-0.4, -0.2) is 22.2 Å². The number of anilines is 1. The maximum absolute atomic E-state index is 13.6. The SMILES string of the molecule is O=C(OCc1ccccc1)N(c1ccnn1Cc1ccccc1)C(F)(F)F. The van der Waals surface area contributed by atoms with Crippen LogP contribution in [-0.2, 0) is 17.9 Å². The zero-order valence-electron chi connectivity index (χ0n) is 14.1. The minimum Gasteiger partial charge on any atom is -0.444 e. The van der Waals surface area contributed by atoms with Gasteiger partial charge < -0.3 is 4.74 Å². The summed E-state index contributed by atoms with van der Waals surface area (Å²) in [5.74, 6) is -0.413. The van der Waals surface area contributed by atoms with E-state index in [1.54, 1.807) is 60.7 Å². The second-order valence-corrected chi connectivity index (χ2v) is 5.68. The molecule has 0 saturated carbocycles. The van der Waals surface area contributed by atoms with Crippen molar-refractivity contribution in [3.63, 3.8) is 0 Å². The summed E-state index contributed by atoms with van der Waals surface area (Å²) < 4.78 is 46.7. The van der Waals surface area contributed by atoms with Gasteiger partial charge in [-0.05, 0) is 11.1 Å². The Morgan fingerprint density at radius 3 is 2.15 bits per heavy atom. The first-order chi connectivity index (χ1) is 12.9. The zero-order valence-corrected chi connectivity index (χ0v) is 14.1. The first kappa shape index (κ1) is 18.5. The summed E-state index contributed by atoms with van der Waals surface area (Å²) in [5, 5.41) is 3.91. The van der Waals surface area contributed by atoms with Crippen molar-refractivity contribution < 1.29 is 22.7 Å². The van der Waals surface area contributed by atoms with Crippen molar-refractivity contribution in [3.8, 4) is 0 Å².